The maximum absolute atomic E-state index is 14.1. The van der Waals surface area contributed by atoms with E-state index in [0.29, 0.717) is 37.4 Å². The van der Waals surface area contributed by atoms with Gasteiger partial charge in [-0.3, -0.25) is 9.78 Å². The first-order chi connectivity index (χ1) is 18.7. The van der Waals surface area contributed by atoms with Crippen molar-refractivity contribution in [2.24, 2.45) is 5.92 Å². The predicted molar refractivity (Wildman–Crippen MR) is 133 cm³/mol. The van der Waals surface area contributed by atoms with Gasteiger partial charge in [0.15, 0.2) is 5.60 Å². The van der Waals surface area contributed by atoms with E-state index in [4.69, 9.17) is 14.2 Å². The van der Waals surface area contributed by atoms with Crippen LogP contribution in [0.3, 0.4) is 0 Å². The van der Waals surface area contributed by atoms with Crippen LogP contribution in [0.2, 0.25) is 0 Å². The Hall–Kier alpha value is -3.63. The monoisotopic (exact) mass is 540 g/mol. The lowest BCUT2D eigenvalue weighted by Gasteiger charge is -2.41. The SMILES string of the molecule is COc1cncc2c1[C@]1(O)C[C@H](C(=O)N3CCOCC3)[C@@H](c3ccccc3)[C@]1(c1ccc(C(F)(F)F)cc1)O2. The molecule has 0 radical (unpaired) electrons. The summed E-state index contributed by atoms with van der Waals surface area (Å²) in [6, 6.07) is 13.8. The van der Waals surface area contributed by atoms with Gasteiger partial charge in [-0.15, -0.1) is 0 Å². The van der Waals surface area contributed by atoms with E-state index in [1.807, 2.05) is 30.3 Å². The van der Waals surface area contributed by atoms with Gasteiger partial charge in [0, 0.05) is 19.0 Å². The number of alkyl halides is 3. The second-order valence-corrected chi connectivity index (χ2v) is 10.1. The third kappa shape index (κ3) is 3.80. The molecule has 1 aromatic heterocycles. The standard InChI is InChI=1S/C29H27F3N2O5/c1-37-22-16-33-17-23-25(22)27(36)15-21(26(35)34-11-13-38-14-12-34)24(18-5-3-2-4-6-18)28(27,39-23)19-7-9-20(10-8-19)29(30,31)32/h2-10,16-17,21,24,36H,11-15H2,1H3/t21-,24+,27+,28-/m0/s1. The quantitative estimate of drug-likeness (QED) is 0.533. The average molecular weight is 541 g/mol. The van der Waals surface area contributed by atoms with Gasteiger partial charge in [0.05, 0.1) is 49.8 Å². The van der Waals surface area contributed by atoms with Crippen molar-refractivity contribution in [1.82, 2.24) is 9.88 Å². The molecule has 2 fully saturated rings. The van der Waals surface area contributed by atoms with E-state index in [2.05, 4.69) is 4.98 Å². The molecule has 0 spiro atoms. The molecule has 1 aliphatic carbocycles. The van der Waals surface area contributed by atoms with Crippen molar-refractivity contribution < 1.29 is 37.3 Å². The zero-order chi connectivity index (χ0) is 27.4. The highest BCUT2D eigenvalue weighted by Gasteiger charge is 2.73. The Labute approximate surface area is 223 Å². The number of hydrogen-bond acceptors (Lipinski definition) is 6. The zero-order valence-electron chi connectivity index (χ0n) is 21.1. The lowest BCUT2D eigenvalue weighted by Crippen LogP contribution is -2.49. The maximum Gasteiger partial charge on any atom is 0.416 e. The number of amides is 1. The van der Waals surface area contributed by atoms with Crippen molar-refractivity contribution in [1.29, 1.82) is 0 Å². The first-order valence-corrected chi connectivity index (χ1v) is 12.7. The normalized spacial score (nSPS) is 28.0. The van der Waals surface area contributed by atoms with Crippen molar-refractivity contribution >= 4 is 5.91 Å². The highest BCUT2D eigenvalue weighted by molar-refractivity contribution is 5.82. The van der Waals surface area contributed by atoms with Crippen LogP contribution in [0.1, 0.15) is 34.6 Å². The predicted octanol–water partition coefficient (Wildman–Crippen LogP) is 4.25. The number of aliphatic hydroxyl groups is 1. The average Bonchev–Trinajstić information content (AvgIpc) is 3.37. The number of nitrogens with zero attached hydrogens (tertiary/aromatic N) is 2. The Morgan fingerprint density at radius 3 is 2.41 bits per heavy atom. The van der Waals surface area contributed by atoms with Gasteiger partial charge in [-0.2, -0.15) is 13.2 Å². The molecule has 0 unspecified atom stereocenters. The Morgan fingerprint density at radius 2 is 1.77 bits per heavy atom. The summed E-state index contributed by atoms with van der Waals surface area (Å²) in [5.41, 5.74) is -2.90. The fraction of sp³-hybridized carbons (Fsp3) is 0.379. The second kappa shape index (κ2) is 9.24. The van der Waals surface area contributed by atoms with Crippen LogP contribution in [-0.4, -0.2) is 54.3 Å². The summed E-state index contributed by atoms with van der Waals surface area (Å²) >= 11 is 0. The molecule has 204 valence electrons. The molecule has 1 saturated carbocycles. The van der Waals surface area contributed by atoms with Crippen LogP contribution in [0.15, 0.2) is 67.0 Å². The van der Waals surface area contributed by atoms with Crippen LogP contribution in [0, 0.1) is 5.92 Å². The molecule has 2 aliphatic heterocycles. The van der Waals surface area contributed by atoms with Gasteiger partial charge in [0.2, 0.25) is 5.91 Å². The zero-order valence-corrected chi connectivity index (χ0v) is 21.1. The Morgan fingerprint density at radius 1 is 1.08 bits per heavy atom. The summed E-state index contributed by atoms with van der Waals surface area (Å²) in [6.07, 6.45) is -1.65. The van der Waals surface area contributed by atoms with Gasteiger partial charge in [-0.25, -0.2) is 0 Å². The molecule has 1 saturated heterocycles. The molecule has 3 heterocycles. The van der Waals surface area contributed by atoms with Crippen molar-refractivity contribution in [3.8, 4) is 11.5 Å². The van der Waals surface area contributed by atoms with Crippen LogP contribution in [-0.2, 0) is 26.9 Å². The first kappa shape index (κ1) is 25.6. The van der Waals surface area contributed by atoms with Gasteiger partial charge in [-0.05, 0) is 29.7 Å². The number of pyridine rings is 1. The number of fused-ring (bicyclic) bond motifs is 3. The number of rotatable bonds is 4. The number of methoxy groups -OCH3 is 1. The molecule has 6 rings (SSSR count). The van der Waals surface area contributed by atoms with Crippen molar-refractivity contribution in [3.05, 3.63) is 89.2 Å². The lowest BCUT2D eigenvalue weighted by molar-refractivity contribution is -0.140. The lowest BCUT2D eigenvalue weighted by atomic mass is 9.70. The number of halogens is 3. The molecule has 3 aliphatic rings. The molecular weight excluding hydrogens is 513 g/mol. The third-order valence-corrected chi connectivity index (χ3v) is 8.19. The van der Waals surface area contributed by atoms with Gasteiger partial charge < -0.3 is 24.2 Å². The summed E-state index contributed by atoms with van der Waals surface area (Å²) in [5.74, 6) is -1.12. The molecule has 39 heavy (non-hydrogen) atoms. The fourth-order valence-electron chi connectivity index (χ4n) is 6.56. The Kier molecular flexibility index (Phi) is 6.07. The number of ether oxygens (including phenoxy) is 3. The number of carbonyl (C=O) groups is 1. The van der Waals surface area contributed by atoms with E-state index in [1.165, 1.54) is 31.6 Å². The van der Waals surface area contributed by atoms with Gasteiger partial charge >= 0.3 is 6.18 Å². The topological polar surface area (TPSA) is 81.1 Å². The van der Waals surface area contributed by atoms with Crippen LogP contribution < -0.4 is 9.47 Å². The Bertz CT molecular complexity index is 1380. The van der Waals surface area contributed by atoms with Crippen molar-refractivity contribution in [2.75, 3.05) is 33.4 Å². The summed E-state index contributed by atoms with van der Waals surface area (Å²) in [6.45, 7) is 1.63. The number of carbonyl (C=O) groups excluding carboxylic acids is 1. The smallest absolute Gasteiger partial charge is 0.416 e. The summed E-state index contributed by atoms with van der Waals surface area (Å²) < 4.78 is 58.2. The van der Waals surface area contributed by atoms with Crippen LogP contribution in [0.25, 0.3) is 0 Å². The molecule has 10 heteroatoms. The van der Waals surface area contributed by atoms with Crippen molar-refractivity contribution in [3.63, 3.8) is 0 Å². The third-order valence-electron chi connectivity index (χ3n) is 8.19. The van der Waals surface area contributed by atoms with E-state index < -0.39 is 34.8 Å². The van der Waals surface area contributed by atoms with E-state index >= 15 is 0 Å². The summed E-state index contributed by atoms with van der Waals surface area (Å²) in [5, 5.41) is 12.7. The van der Waals surface area contributed by atoms with Gasteiger partial charge in [-0.1, -0.05) is 42.5 Å². The summed E-state index contributed by atoms with van der Waals surface area (Å²) in [7, 11) is 1.44. The number of hydrogen-bond donors (Lipinski definition) is 1. The minimum atomic E-state index is -4.54. The fourth-order valence-corrected chi connectivity index (χ4v) is 6.56. The van der Waals surface area contributed by atoms with E-state index in [-0.39, 0.29) is 23.8 Å². The van der Waals surface area contributed by atoms with Crippen molar-refractivity contribution in [2.45, 2.75) is 29.7 Å². The minimum Gasteiger partial charge on any atom is -0.495 e. The molecule has 2 aromatic carbocycles. The highest BCUT2D eigenvalue weighted by Crippen LogP contribution is 2.69. The maximum atomic E-state index is 14.1. The molecule has 3 aromatic rings. The largest absolute Gasteiger partial charge is 0.495 e. The van der Waals surface area contributed by atoms with Crippen LogP contribution >= 0.6 is 0 Å². The van der Waals surface area contributed by atoms with E-state index in [0.717, 1.165) is 17.7 Å². The van der Waals surface area contributed by atoms with Crippen LogP contribution in [0.5, 0.6) is 11.5 Å². The number of benzene rings is 2. The molecule has 1 amide bonds. The molecule has 4 atom stereocenters. The number of morpholine rings is 1. The molecule has 0 bridgehead atoms. The van der Waals surface area contributed by atoms with E-state index in [9.17, 15) is 23.1 Å². The molecule has 7 nitrogen and oxygen atoms in total. The van der Waals surface area contributed by atoms with Crippen LogP contribution in [0.4, 0.5) is 13.2 Å². The first-order valence-electron chi connectivity index (χ1n) is 12.7. The highest BCUT2D eigenvalue weighted by atomic mass is 19.4. The molecular formula is C29H27F3N2O5. The summed E-state index contributed by atoms with van der Waals surface area (Å²) in [4.78, 5) is 20.0. The van der Waals surface area contributed by atoms with Gasteiger partial charge in [0.25, 0.3) is 0 Å². The van der Waals surface area contributed by atoms with E-state index in [1.54, 1.807) is 4.90 Å². The molecule has 1 N–H and O–H groups in total. The number of aromatic nitrogens is 1. The van der Waals surface area contributed by atoms with Gasteiger partial charge in [0.1, 0.15) is 17.1 Å². The minimum absolute atomic E-state index is 0.0306. The second-order valence-electron chi connectivity index (χ2n) is 10.1. The Balaban J connectivity index is 1.60.